The van der Waals surface area contributed by atoms with Gasteiger partial charge in [0.1, 0.15) is 5.84 Å². The first-order valence-corrected chi connectivity index (χ1v) is 10.8. The predicted molar refractivity (Wildman–Crippen MR) is 121 cm³/mol. The number of carbonyl (C=O) groups excluding carboxylic acids is 1. The van der Waals surface area contributed by atoms with Crippen LogP contribution >= 0.6 is 0 Å². The van der Waals surface area contributed by atoms with Crippen molar-refractivity contribution >= 4 is 17.8 Å². The average Bonchev–Trinajstić information content (AvgIpc) is 3.27. The third kappa shape index (κ3) is 3.58. The van der Waals surface area contributed by atoms with E-state index < -0.39 is 0 Å². The number of hydrogen-bond donors (Lipinski definition) is 2. The van der Waals surface area contributed by atoms with Crippen LogP contribution in [0.5, 0.6) is 0 Å². The molecule has 1 aromatic heterocycles. The lowest BCUT2D eigenvalue weighted by atomic mass is 9.94. The molecule has 2 amide bonds. The van der Waals surface area contributed by atoms with Crippen molar-refractivity contribution in [3.8, 4) is 0 Å². The highest BCUT2D eigenvalue weighted by atomic mass is 16.2. The fourth-order valence-electron chi connectivity index (χ4n) is 4.73. The molecule has 7 heteroatoms. The Morgan fingerprint density at radius 1 is 1.13 bits per heavy atom. The molecule has 1 aliphatic carbocycles. The van der Waals surface area contributed by atoms with Gasteiger partial charge in [0.15, 0.2) is 0 Å². The van der Waals surface area contributed by atoms with Crippen molar-refractivity contribution in [3.05, 3.63) is 64.5 Å². The van der Waals surface area contributed by atoms with Crippen molar-refractivity contribution in [2.75, 3.05) is 18.4 Å². The van der Waals surface area contributed by atoms with Crippen LogP contribution in [0.4, 0.5) is 10.7 Å². The lowest BCUT2D eigenvalue weighted by Gasteiger charge is -2.34. The molecule has 1 fully saturated rings. The predicted octanol–water partition coefficient (Wildman–Crippen LogP) is 3.57. The minimum absolute atomic E-state index is 0.00942. The molecule has 0 spiro atoms. The summed E-state index contributed by atoms with van der Waals surface area (Å²) in [5.41, 5.74) is 5.00. The molecule has 0 radical (unpaired) electrons. The van der Waals surface area contributed by atoms with Gasteiger partial charge in [-0.15, -0.1) is 0 Å². The van der Waals surface area contributed by atoms with Gasteiger partial charge in [0.25, 0.3) is 0 Å². The Labute approximate surface area is 182 Å². The van der Waals surface area contributed by atoms with Gasteiger partial charge in [0.2, 0.25) is 5.95 Å². The average molecular weight is 417 g/mol. The maximum absolute atomic E-state index is 13.2. The van der Waals surface area contributed by atoms with Gasteiger partial charge >= 0.3 is 6.03 Å². The van der Waals surface area contributed by atoms with Crippen molar-refractivity contribution in [2.24, 2.45) is 4.99 Å². The summed E-state index contributed by atoms with van der Waals surface area (Å²) in [6, 6.07) is 12.5. The van der Waals surface area contributed by atoms with E-state index in [1.165, 1.54) is 11.1 Å². The van der Waals surface area contributed by atoms with Crippen LogP contribution in [0.15, 0.2) is 52.5 Å². The minimum atomic E-state index is -0.382. The molecular weight excluding hydrogens is 388 g/mol. The Balaban J connectivity index is 1.27. The van der Waals surface area contributed by atoms with Gasteiger partial charge in [0, 0.05) is 28.9 Å². The van der Waals surface area contributed by atoms with Gasteiger partial charge in [-0.25, -0.2) is 14.8 Å². The number of amidine groups is 1. The summed E-state index contributed by atoms with van der Waals surface area (Å²) in [5.74, 6) is 1.74. The lowest BCUT2D eigenvalue weighted by Crippen LogP contribution is -2.51. The van der Waals surface area contributed by atoms with Crippen molar-refractivity contribution in [2.45, 2.75) is 51.6 Å². The first kappa shape index (κ1) is 19.7. The summed E-state index contributed by atoms with van der Waals surface area (Å²) in [4.78, 5) is 28.7. The van der Waals surface area contributed by atoms with Gasteiger partial charge in [-0.3, -0.25) is 4.99 Å². The van der Waals surface area contributed by atoms with Crippen molar-refractivity contribution in [1.82, 2.24) is 20.2 Å². The first-order valence-electron chi connectivity index (χ1n) is 10.8. The molecule has 1 saturated carbocycles. The van der Waals surface area contributed by atoms with E-state index in [1.54, 1.807) is 0 Å². The highest BCUT2D eigenvalue weighted by Crippen LogP contribution is 2.42. The molecular formula is C24H28N6O. The second-order valence-electron chi connectivity index (χ2n) is 9.18. The standard InChI is InChI=1S/C24H28N6O/c1-14-10-15(2)27-22(26-14)29-21-18-13-30(24(3,4)19(18)12-25-21)23(31)28-20-11-17(20)16-8-6-5-7-9-16/h5-10,17,20H,11-13H2,1-4H3,(H,28,31)(H,25,26,27,29)/t17-,20?/m1/s1. The molecule has 3 aliphatic rings. The van der Waals surface area contributed by atoms with Gasteiger partial charge in [-0.1, -0.05) is 30.3 Å². The summed E-state index contributed by atoms with van der Waals surface area (Å²) in [6.45, 7) is 9.23. The number of carbonyl (C=O) groups is 1. The summed E-state index contributed by atoms with van der Waals surface area (Å²) in [5, 5.41) is 6.53. The Morgan fingerprint density at radius 3 is 2.55 bits per heavy atom. The van der Waals surface area contributed by atoms with E-state index in [4.69, 9.17) is 0 Å². The molecule has 2 aliphatic heterocycles. The third-order valence-electron chi connectivity index (χ3n) is 6.56. The van der Waals surface area contributed by atoms with Gasteiger partial charge in [0.05, 0.1) is 18.6 Å². The quantitative estimate of drug-likeness (QED) is 0.801. The normalized spacial score (nSPS) is 23.5. The summed E-state index contributed by atoms with van der Waals surface area (Å²) in [7, 11) is 0. The monoisotopic (exact) mass is 416 g/mol. The molecule has 160 valence electrons. The number of rotatable bonds is 3. The summed E-state index contributed by atoms with van der Waals surface area (Å²) in [6.07, 6.45) is 0.996. The Bertz CT molecular complexity index is 1080. The minimum Gasteiger partial charge on any atom is -0.335 e. The second-order valence-corrected chi connectivity index (χ2v) is 9.18. The molecule has 7 nitrogen and oxygen atoms in total. The molecule has 1 aromatic carbocycles. The highest BCUT2D eigenvalue weighted by Gasteiger charge is 2.47. The van der Waals surface area contributed by atoms with E-state index in [-0.39, 0.29) is 17.6 Å². The van der Waals surface area contributed by atoms with Gasteiger partial charge in [-0.2, -0.15) is 0 Å². The van der Waals surface area contributed by atoms with E-state index >= 15 is 0 Å². The molecule has 2 N–H and O–H groups in total. The topological polar surface area (TPSA) is 82.5 Å². The number of aromatic nitrogens is 2. The molecule has 2 aromatic rings. The number of aryl methyl sites for hydroxylation is 2. The number of amides is 2. The van der Waals surface area contributed by atoms with E-state index in [1.807, 2.05) is 30.9 Å². The van der Waals surface area contributed by atoms with Gasteiger partial charge in [-0.05, 0) is 51.3 Å². The van der Waals surface area contributed by atoms with Crippen LogP contribution in [0.3, 0.4) is 0 Å². The van der Waals surface area contributed by atoms with Crippen LogP contribution in [0.25, 0.3) is 0 Å². The van der Waals surface area contributed by atoms with Crippen LogP contribution in [-0.2, 0) is 0 Å². The Morgan fingerprint density at radius 2 is 1.84 bits per heavy atom. The van der Waals surface area contributed by atoms with Crippen LogP contribution in [0, 0.1) is 13.8 Å². The van der Waals surface area contributed by atoms with Crippen LogP contribution < -0.4 is 10.6 Å². The maximum atomic E-state index is 13.2. The summed E-state index contributed by atoms with van der Waals surface area (Å²) < 4.78 is 0. The fourth-order valence-corrected chi connectivity index (χ4v) is 4.73. The molecule has 31 heavy (non-hydrogen) atoms. The van der Waals surface area contributed by atoms with Crippen LogP contribution in [0.1, 0.15) is 43.1 Å². The zero-order chi connectivity index (χ0) is 21.8. The number of nitrogens with zero attached hydrogens (tertiary/aromatic N) is 4. The smallest absolute Gasteiger partial charge is 0.318 e. The number of benzene rings is 1. The molecule has 5 rings (SSSR count). The van der Waals surface area contributed by atoms with E-state index in [9.17, 15) is 4.79 Å². The van der Waals surface area contributed by atoms with Crippen LogP contribution in [-0.4, -0.2) is 51.4 Å². The Hall–Kier alpha value is -3.22. The number of hydrogen-bond acceptors (Lipinski definition) is 5. The zero-order valence-electron chi connectivity index (χ0n) is 18.4. The van der Waals surface area contributed by atoms with E-state index in [0.29, 0.717) is 25.0 Å². The van der Waals surface area contributed by atoms with E-state index in [0.717, 1.165) is 29.2 Å². The highest BCUT2D eigenvalue weighted by molar-refractivity contribution is 6.11. The molecule has 1 unspecified atom stereocenters. The Kier molecular flexibility index (Phi) is 4.57. The fraction of sp³-hybridized carbons (Fsp3) is 0.417. The largest absolute Gasteiger partial charge is 0.335 e. The van der Waals surface area contributed by atoms with E-state index in [2.05, 4.69) is 63.7 Å². The number of aliphatic imine (C=N–C) groups is 1. The van der Waals surface area contributed by atoms with Crippen molar-refractivity contribution in [3.63, 3.8) is 0 Å². The first-order chi connectivity index (χ1) is 14.8. The lowest BCUT2D eigenvalue weighted by molar-refractivity contribution is 0.170. The van der Waals surface area contributed by atoms with Crippen molar-refractivity contribution < 1.29 is 4.79 Å². The molecule has 0 saturated heterocycles. The summed E-state index contributed by atoms with van der Waals surface area (Å²) >= 11 is 0. The third-order valence-corrected chi connectivity index (χ3v) is 6.56. The maximum Gasteiger partial charge on any atom is 0.318 e. The number of nitrogens with one attached hydrogen (secondary N) is 2. The van der Waals surface area contributed by atoms with Crippen LogP contribution in [0.2, 0.25) is 0 Å². The molecule has 3 heterocycles. The van der Waals surface area contributed by atoms with Gasteiger partial charge < -0.3 is 15.5 Å². The zero-order valence-corrected chi connectivity index (χ0v) is 18.4. The molecule has 0 bridgehead atoms. The second kappa shape index (κ2) is 7.18. The molecule has 2 atom stereocenters. The SMILES string of the molecule is Cc1cc(C)nc(NC2=NCC3=C2CN(C(=O)NC2C[C@@H]2c2ccccc2)C3(C)C)n1. The number of urea groups is 1. The number of anilines is 1. The van der Waals surface area contributed by atoms with Crippen molar-refractivity contribution in [1.29, 1.82) is 0 Å².